The van der Waals surface area contributed by atoms with E-state index in [1.165, 1.54) is 19.3 Å². The summed E-state index contributed by atoms with van der Waals surface area (Å²) in [6.45, 7) is 1.82. The summed E-state index contributed by atoms with van der Waals surface area (Å²) in [7, 11) is -1.51. The molecule has 0 saturated heterocycles. The Bertz CT molecular complexity index is 678. The first-order valence-electron chi connectivity index (χ1n) is 8.63. The topological polar surface area (TPSA) is 66.5 Å². The molecule has 24 heavy (non-hydrogen) atoms. The van der Waals surface area contributed by atoms with Gasteiger partial charge >= 0.3 is 0 Å². The second kappa shape index (κ2) is 8.01. The largest absolute Gasteiger partial charge is 0.339 e. The van der Waals surface area contributed by atoms with Gasteiger partial charge in [-0.3, -0.25) is 9.52 Å². The molecule has 0 bridgehead atoms. The van der Waals surface area contributed by atoms with E-state index in [0.29, 0.717) is 11.3 Å². The number of nitrogens with zero attached hydrogens (tertiary/aromatic N) is 1. The van der Waals surface area contributed by atoms with E-state index in [1.54, 1.807) is 18.2 Å². The van der Waals surface area contributed by atoms with Crippen molar-refractivity contribution in [2.45, 2.75) is 57.9 Å². The van der Waals surface area contributed by atoms with E-state index in [-0.39, 0.29) is 11.9 Å². The van der Waals surface area contributed by atoms with Crippen LogP contribution in [0.25, 0.3) is 0 Å². The zero-order chi connectivity index (χ0) is 17.7. The number of amides is 1. The predicted octanol–water partition coefficient (Wildman–Crippen LogP) is 3.55. The van der Waals surface area contributed by atoms with Crippen LogP contribution in [-0.4, -0.2) is 38.6 Å². The van der Waals surface area contributed by atoms with Gasteiger partial charge in [-0.25, -0.2) is 8.42 Å². The summed E-state index contributed by atoms with van der Waals surface area (Å²) in [5.41, 5.74) is 1.79. The van der Waals surface area contributed by atoms with E-state index in [9.17, 15) is 13.2 Å². The SMILES string of the molecule is Cc1ccc(C(=O)N(C)C2CCCCCCC2)cc1NS(C)(=O)=O. The van der Waals surface area contributed by atoms with Crippen molar-refractivity contribution < 1.29 is 13.2 Å². The summed E-state index contributed by atoms with van der Waals surface area (Å²) in [5, 5.41) is 0. The molecule has 0 aromatic heterocycles. The van der Waals surface area contributed by atoms with Crippen LogP contribution in [0.2, 0.25) is 0 Å². The number of anilines is 1. The summed E-state index contributed by atoms with van der Waals surface area (Å²) in [6, 6.07) is 5.46. The van der Waals surface area contributed by atoms with E-state index in [2.05, 4.69) is 4.72 Å². The highest BCUT2D eigenvalue weighted by Crippen LogP contribution is 2.24. The maximum Gasteiger partial charge on any atom is 0.253 e. The molecule has 1 N–H and O–H groups in total. The average Bonchev–Trinajstić information content (AvgIpc) is 2.46. The minimum Gasteiger partial charge on any atom is -0.339 e. The van der Waals surface area contributed by atoms with Gasteiger partial charge in [0, 0.05) is 18.7 Å². The molecule has 0 aliphatic heterocycles. The van der Waals surface area contributed by atoms with Crippen molar-refractivity contribution in [2.75, 3.05) is 18.0 Å². The Kier molecular flexibility index (Phi) is 6.27. The van der Waals surface area contributed by atoms with Gasteiger partial charge in [-0.2, -0.15) is 0 Å². The number of sulfonamides is 1. The monoisotopic (exact) mass is 352 g/mol. The van der Waals surface area contributed by atoms with Crippen LogP contribution in [0, 0.1) is 6.92 Å². The van der Waals surface area contributed by atoms with Crippen molar-refractivity contribution in [3.05, 3.63) is 29.3 Å². The molecule has 1 aliphatic rings. The lowest BCUT2D eigenvalue weighted by atomic mass is 9.95. The number of carbonyl (C=O) groups is 1. The van der Waals surface area contributed by atoms with Gasteiger partial charge in [0.15, 0.2) is 0 Å². The highest BCUT2D eigenvalue weighted by Gasteiger charge is 2.22. The van der Waals surface area contributed by atoms with E-state index >= 15 is 0 Å². The third-order valence-corrected chi connectivity index (χ3v) is 5.31. The van der Waals surface area contributed by atoms with Crippen LogP contribution in [0.15, 0.2) is 18.2 Å². The van der Waals surface area contributed by atoms with Crippen LogP contribution in [0.5, 0.6) is 0 Å². The van der Waals surface area contributed by atoms with Crippen molar-refractivity contribution in [3.63, 3.8) is 0 Å². The van der Waals surface area contributed by atoms with Crippen molar-refractivity contribution in [1.82, 2.24) is 4.90 Å². The number of hydrogen-bond donors (Lipinski definition) is 1. The summed E-state index contributed by atoms with van der Waals surface area (Å²) in [6.07, 6.45) is 9.31. The minimum absolute atomic E-state index is 0.0443. The lowest BCUT2D eigenvalue weighted by Crippen LogP contribution is -2.37. The van der Waals surface area contributed by atoms with Gasteiger partial charge in [0.2, 0.25) is 10.0 Å². The molecular formula is C18H28N2O3S. The molecule has 0 heterocycles. The molecule has 5 nitrogen and oxygen atoms in total. The average molecular weight is 352 g/mol. The van der Waals surface area contributed by atoms with Crippen LogP contribution >= 0.6 is 0 Å². The van der Waals surface area contributed by atoms with Crippen molar-refractivity contribution in [2.24, 2.45) is 0 Å². The van der Waals surface area contributed by atoms with E-state index in [0.717, 1.165) is 37.5 Å². The molecule has 1 fully saturated rings. The number of nitrogens with one attached hydrogen (secondary N) is 1. The number of aryl methyl sites for hydroxylation is 1. The zero-order valence-electron chi connectivity index (χ0n) is 14.8. The summed E-state index contributed by atoms with van der Waals surface area (Å²) < 4.78 is 25.4. The van der Waals surface area contributed by atoms with Crippen molar-refractivity contribution in [3.8, 4) is 0 Å². The Balaban J connectivity index is 2.17. The lowest BCUT2D eigenvalue weighted by molar-refractivity contribution is 0.0707. The fourth-order valence-corrected chi connectivity index (χ4v) is 3.88. The lowest BCUT2D eigenvalue weighted by Gasteiger charge is -2.30. The molecule has 1 aromatic carbocycles. The van der Waals surface area contributed by atoms with Crippen LogP contribution in [0.4, 0.5) is 5.69 Å². The predicted molar refractivity (Wildman–Crippen MR) is 97.8 cm³/mol. The number of benzene rings is 1. The van der Waals surface area contributed by atoms with Gasteiger partial charge in [-0.15, -0.1) is 0 Å². The molecule has 1 aliphatic carbocycles. The van der Waals surface area contributed by atoms with Gasteiger partial charge < -0.3 is 4.90 Å². The van der Waals surface area contributed by atoms with Gasteiger partial charge in [-0.1, -0.05) is 38.2 Å². The minimum atomic E-state index is -3.37. The molecule has 0 unspecified atom stereocenters. The van der Waals surface area contributed by atoms with Gasteiger partial charge in [0.25, 0.3) is 5.91 Å². The maximum atomic E-state index is 12.8. The smallest absolute Gasteiger partial charge is 0.253 e. The Hall–Kier alpha value is -1.56. The van der Waals surface area contributed by atoms with Gasteiger partial charge in [0.05, 0.1) is 11.9 Å². The van der Waals surface area contributed by atoms with E-state index in [1.807, 2.05) is 18.9 Å². The fourth-order valence-electron chi connectivity index (χ4n) is 3.26. The third kappa shape index (κ3) is 5.23. The fraction of sp³-hybridized carbons (Fsp3) is 0.611. The number of hydrogen-bond acceptors (Lipinski definition) is 3. The van der Waals surface area contributed by atoms with Gasteiger partial charge in [-0.05, 0) is 37.5 Å². The van der Waals surface area contributed by atoms with E-state index in [4.69, 9.17) is 0 Å². The van der Waals surface area contributed by atoms with Crippen LogP contribution in [0.3, 0.4) is 0 Å². The normalized spacial score (nSPS) is 17.0. The number of carbonyl (C=O) groups excluding carboxylic acids is 1. The molecule has 0 spiro atoms. The van der Waals surface area contributed by atoms with Crippen molar-refractivity contribution >= 4 is 21.6 Å². The molecule has 1 amide bonds. The molecule has 0 radical (unpaired) electrons. The number of rotatable bonds is 4. The zero-order valence-corrected chi connectivity index (χ0v) is 15.7. The Morgan fingerprint density at radius 3 is 2.29 bits per heavy atom. The third-order valence-electron chi connectivity index (χ3n) is 4.72. The Labute approximate surface area is 145 Å². The molecule has 2 rings (SSSR count). The molecule has 0 atom stereocenters. The van der Waals surface area contributed by atoms with Crippen LogP contribution in [-0.2, 0) is 10.0 Å². The molecular weight excluding hydrogens is 324 g/mol. The first-order chi connectivity index (χ1) is 11.3. The highest BCUT2D eigenvalue weighted by atomic mass is 32.2. The van der Waals surface area contributed by atoms with Gasteiger partial charge in [0.1, 0.15) is 0 Å². The second-order valence-corrected chi connectivity index (χ2v) is 8.57. The standard InChI is InChI=1S/C18H28N2O3S/c1-14-11-12-15(13-17(14)19-24(3,22)23)18(21)20(2)16-9-7-5-4-6-8-10-16/h11-13,16,19H,4-10H2,1-3H3. The highest BCUT2D eigenvalue weighted by molar-refractivity contribution is 7.92. The molecule has 1 saturated carbocycles. The van der Waals surface area contributed by atoms with E-state index < -0.39 is 10.0 Å². The second-order valence-electron chi connectivity index (χ2n) is 6.82. The quantitative estimate of drug-likeness (QED) is 0.901. The summed E-state index contributed by atoms with van der Waals surface area (Å²) >= 11 is 0. The Morgan fingerprint density at radius 1 is 1.12 bits per heavy atom. The molecule has 134 valence electrons. The summed E-state index contributed by atoms with van der Waals surface area (Å²) in [5.74, 6) is -0.0443. The Morgan fingerprint density at radius 2 is 1.71 bits per heavy atom. The summed E-state index contributed by atoms with van der Waals surface area (Å²) in [4.78, 5) is 14.7. The first-order valence-corrected chi connectivity index (χ1v) is 10.5. The van der Waals surface area contributed by atoms with Crippen molar-refractivity contribution in [1.29, 1.82) is 0 Å². The maximum absolute atomic E-state index is 12.8. The van der Waals surface area contributed by atoms with Crippen LogP contribution in [0.1, 0.15) is 60.9 Å². The molecule has 1 aromatic rings. The van der Waals surface area contributed by atoms with Crippen LogP contribution < -0.4 is 4.72 Å². The first kappa shape index (κ1) is 18.8. The molecule has 6 heteroatoms.